The first-order chi connectivity index (χ1) is 8.31. The lowest BCUT2D eigenvalue weighted by atomic mass is 10.1. The van der Waals surface area contributed by atoms with Gasteiger partial charge in [-0.05, 0) is 34.1 Å². The molecule has 0 aliphatic heterocycles. The predicted molar refractivity (Wildman–Crippen MR) is 69.5 cm³/mol. The van der Waals surface area contributed by atoms with E-state index in [4.69, 9.17) is 0 Å². The Labute approximate surface area is 109 Å². The van der Waals surface area contributed by atoms with Gasteiger partial charge in [0.25, 0.3) is 0 Å². The van der Waals surface area contributed by atoms with Crippen LogP contribution in [-0.2, 0) is 0 Å². The Balaban J connectivity index is 2.35. The zero-order chi connectivity index (χ0) is 12.1. The number of nitrogens with zero attached hydrogens (tertiary/aromatic N) is 3. The molecule has 17 heavy (non-hydrogen) atoms. The zero-order valence-corrected chi connectivity index (χ0v) is 11.1. The van der Waals surface area contributed by atoms with Crippen LogP contribution in [-0.4, -0.2) is 21.5 Å². The van der Waals surface area contributed by atoms with Crippen LogP contribution >= 0.6 is 15.9 Å². The summed E-state index contributed by atoms with van der Waals surface area (Å²) < 4.78 is 0.960. The van der Waals surface area contributed by atoms with Gasteiger partial charge in [-0.15, -0.1) is 0 Å². The van der Waals surface area contributed by atoms with Crippen molar-refractivity contribution in [2.24, 2.45) is 0 Å². The van der Waals surface area contributed by atoms with E-state index in [-0.39, 0.29) is 6.04 Å². The minimum absolute atomic E-state index is 0.0266. The van der Waals surface area contributed by atoms with Gasteiger partial charge in [0.2, 0.25) is 0 Å². The van der Waals surface area contributed by atoms with Crippen molar-refractivity contribution >= 4 is 15.9 Å². The summed E-state index contributed by atoms with van der Waals surface area (Å²) in [7, 11) is 0. The summed E-state index contributed by atoms with van der Waals surface area (Å²) in [4.78, 5) is 12.6. The molecule has 2 heterocycles. The molecule has 4 nitrogen and oxygen atoms in total. The fourth-order valence-electron chi connectivity index (χ4n) is 1.64. The van der Waals surface area contributed by atoms with E-state index in [9.17, 15) is 0 Å². The van der Waals surface area contributed by atoms with Crippen molar-refractivity contribution in [3.63, 3.8) is 0 Å². The van der Waals surface area contributed by atoms with Crippen molar-refractivity contribution in [2.45, 2.75) is 13.0 Å². The van der Waals surface area contributed by atoms with Crippen molar-refractivity contribution < 1.29 is 0 Å². The SMILES string of the molecule is CCNC(c1cncc(Br)c1)c1cnccn1. The maximum atomic E-state index is 4.34. The van der Waals surface area contributed by atoms with Gasteiger partial charge in [0.1, 0.15) is 0 Å². The number of aromatic nitrogens is 3. The van der Waals surface area contributed by atoms with Gasteiger partial charge >= 0.3 is 0 Å². The Bertz CT molecular complexity index is 475. The van der Waals surface area contributed by atoms with Crippen molar-refractivity contribution in [1.82, 2.24) is 20.3 Å². The van der Waals surface area contributed by atoms with Gasteiger partial charge in [-0.3, -0.25) is 15.0 Å². The molecule has 0 saturated heterocycles. The van der Waals surface area contributed by atoms with Crippen LogP contribution in [0.2, 0.25) is 0 Å². The lowest BCUT2D eigenvalue weighted by Gasteiger charge is -2.17. The minimum atomic E-state index is 0.0266. The predicted octanol–water partition coefficient (Wildman–Crippen LogP) is 2.33. The average molecular weight is 293 g/mol. The van der Waals surface area contributed by atoms with Crippen LogP contribution < -0.4 is 5.32 Å². The Kier molecular flexibility index (Phi) is 4.17. The van der Waals surface area contributed by atoms with Crippen LogP contribution in [0.5, 0.6) is 0 Å². The molecule has 1 N–H and O–H groups in total. The van der Waals surface area contributed by atoms with E-state index in [1.807, 2.05) is 12.3 Å². The second kappa shape index (κ2) is 5.84. The van der Waals surface area contributed by atoms with Gasteiger partial charge in [0, 0.05) is 29.3 Å². The Hall–Kier alpha value is -1.33. The number of pyridine rings is 1. The molecule has 0 aliphatic carbocycles. The Morgan fingerprint density at radius 1 is 1.24 bits per heavy atom. The normalized spacial score (nSPS) is 12.4. The zero-order valence-electron chi connectivity index (χ0n) is 9.47. The quantitative estimate of drug-likeness (QED) is 0.940. The molecule has 0 bridgehead atoms. The largest absolute Gasteiger partial charge is 0.305 e. The van der Waals surface area contributed by atoms with E-state index in [2.05, 4.69) is 43.1 Å². The third kappa shape index (κ3) is 3.08. The van der Waals surface area contributed by atoms with E-state index in [1.165, 1.54) is 0 Å². The molecule has 0 amide bonds. The van der Waals surface area contributed by atoms with E-state index in [0.29, 0.717) is 0 Å². The summed E-state index contributed by atoms with van der Waals surface area (Å²) in [5.74, 6) is 0. The topological polar surface area (TPSA) is 50.7 Å². The summed E-state index contributed by atoms with van der Waals surface area (Å²) in [6, 6.07) is 2.06. The molecular weight excluding hydrogens is 280 g/mol. The van der Waals surface area contributed by atoms with Crippen LogP contribution in [0.3, 0.4) is 0 Å². The Morgan fingerprint density at radius 3 is 2.76 bits per heavy atom. The standard InChI is InChI=1S/C12H13BrN4/c1-2-16-12(11-8-14-3-4-17-11)9-5-10(13)7-15-6-9/h3-8,12,16H,2H2,1H3. The highest BCUT2D eigenvalue weighted by atomic mass is 79.9. The van der Waals surface area contributed by atoms with Crippen LogP contribution in [0.1, 0.15) is 24.2 Å². The van der Waals surface area contributed by atoms with Crippen molar-refractivity contribution in [3.8, 4) is 0 Å². The van der Waals surface area contributed by atoms with Crippen LogP contribution in [0.4, 0.5) is 0 Å². The highest BCUT2D eigenvalue weighted by molar-refractivity contribution is 9.10. The molecule has 2 aromatic heterocycles. The minimum Gasteiger partial charge on any atom is -0.305 e. The molecule has 1 unspecified atom stereocenters. The van der Waals surface area contributed by atoms with Crippen molar-refractivity contribution in [1.29, 1.82) is 0 Å². The fraction of sp³-hybridized carbons (Fsp3) is 0.250. The first-order valence-corrected chi connectivity index (χ1v) is 6.20. The van der Waals surface area contributed by atoms with Gasteiger partial charge in [-0.1, -0.05) is 6.92 Å². The summed E-state index contributed by atoms with van der Waals surface area (Å²) in [5, 5.41) is 3.38. The first-order valence-electron chi connectivity index (χ1n) is 5.41. The molecule has 0 aliphatic rings. The molecular formula is C12H13BrN4. The first kappa shape index (κ1) is 12.1. The number of nitrogens with one attached hydrogen (secondary N) is 1. The summed E-state index contributed by atoms with van der Waals surface area (Å²) in [6.45, 7) is 2.92. The molecule has 0 aromatic carbocycles. The van der Waals surface area contributed by atoms with Crippen LogP contribution in [0.15, 0.2) is 41.5 Å². The van der Waals surface area contributed by atoms with Crippen molar-refractivity contribution in [2.75, 3.05) is 6.54 Å². The average Bonchev–Trinajstić information content (AvgIpc) is 2.37. The van der Waals surface area contributed by atoms with E-state index >= 15 is 0 Å². The molecule has 0 saturated carbocycles. The third-order valence-electron chi connectivity index (χ3n) is 2.35. The molecule has 2 rings (SSSR count). The lowest BCUT2D eigenvalue weighted by molar-refractivity contribution is 0.610. The number of hydrogen-bond acceptors (Lipinski definition) is 4. The maximum Gasteiger partial charge on any atom is 0.0802 e. The van der Waals surface area contributed by atoms with E-state index in [1.54, 1.807) is 24.8 Å². The smallest absolute Gasteiger partial charge is 0.0802 e. The van der Waals surface area contributed by atoms with Gasteiger partial charge < -0.3 is 5.32 Å². The summed E-state index contributed by atoms with van der Waals surface area (Å²) in [5.41, 5.74) is 1.97. The second-order valence-electron chi connectivity index (χ2n) is 3.56. The maximum absolute atomic E-state index is 4.34. The Morgan fingerprint density at radius 2 is 2.12 bits per heavy atom. The molecule has 1 atom stereocenters. The number of halogens is 1. The van der Waals surface area contributed by atoms with Crippen molar-refractivity contribution in [3.05, 3.63) is 52.8 Å². The van der Waals surface area contributed by atoms with Gasteiger partial charge in [-0.25, -0.2) is 0 Å². The lowest BCUT2D eigenvalue weighted by Crippen LogP contribution is -2.23. The van der Waals surface area contributed by atoms with Crippen LogP contribution in [0.25, 0.3) is 0 Å². The molecule has 2 aromatic rings. The molecule has 0 fully saturated rings. The van der Waals surface area contributed by atoms with E-state index in [0.717, 1.165) is 22.3 Å². The summed E-state index contributed by atoms with van der Waals surface area (Å²) >= 11 is 3.43. The van der Waals surface area contributed by atoms with Gasteiger partial charge in [0.15, 0.2) is 0 Å². The second-order valence-corrected chi connectivity index (χ2v) is 4.47. The summed E-state index contributed by atoms with van der Waals surface area (Å²) in [6.07, 6.45) is 8.75. The third-order valence-corrected chi connectivity index (χ3v) is 2.78. The van der Waals surface area contributed by atoms with Gasteiger partial charge in [-0.2, -0.15) is 0 Å². The van der Waals surface area contributed by atoms with E-state index < -0.39 is 0 Å². The van der Waals surface area contributed by atoms with Gasteiger partial charge in [0.05, 0.1) is 17.9 Å². The fourth-order valence-corrected chi connectivity index (χ4v) is 2.03. The molecule has 5 heteroatoms. The van der Waals surface area contributed by atoms with Crippen LogP contribution in [0, 0.1) is 0 Å². The molecule has 0 radical (unpaired) electrons. The molecule has 88 valence electrons. The highest BCUT2D eigenvalue weighted by Crippen LogP contribution is 2.21. The highest BCUT2D eigenvalue weighted by Gasteiger charge is 2.14. The number of hydrogen-bond donors (Lipinski definition) is 1. The molecule has 0 spiro atoms. The monoisotopic (exact) mass is 292 g/mol. The number of rotatable bonds is 4.